The van der Waals surface area contributed by atoms with Gasteiger partial charge in [0.2, 0.25) is 15.9 Å². The Kier molecular flexibility index (Phi) is 9.24. The first-order valence-corrected chi connectivity index (χ1v) is 13.0. The number of rotatable bonds is 12. The fourth-order valence-electron chi connectivity index (χ4n) is 3.69. The van der Waals surface area contributed by atoms with Crippen molar-refractivity contribution in [3.8, 4) is 16.9 Å². The number of ether oxygens (including phenoxy) is 1. The minimum absolute atomic E-state index is 0.0696. The van der Waals surface area contributed by atoms with Gasteiger partial charge in [-0.2, -0.15) is 4.31 Å². The van der Waals surface area contributed by atoms with E-state index < -0.39 is 10.0 Å². The van der Waals surface area contributed by atoms with Crippen LogP contribution in [0.15, 0.2) is 83.8 Å². The molecule has 1 N–H and O–H groups in total. The topological polar surface area (TPSA) is 75.7 Å². The maximum absolute atomic E-state index is 12.6. The summed E-state index contributed by atoms with van der Waals surface area (Å²) in [5, 5.41) is 2.88. The van der Waals surface area contributed by atoms with Crippen molar-refractivity contribution in [2.75, 3.05) is 26.2 Å². The number of amides is 1. The Morgan fingerprint density at radius 2 is 1.53 bits per heavy atom. The van der Waals surface area contributed by atoms with Gasteiger partial charge in [-0.1, -0.05) is 74.5 Å². The van der Waals surface area contributed by atoms with Gasteiger partial charge in [0.25, 0.3) is 0 Å². The lowest BCUT2D eigenvalue weighted by Gasteiger charge is -2.18. The molecule has 0 aliphatic carbocycles. The second kappa shape index (κ2) is 12.3. The van der Waals surface area contributed by atoms with E-state index >= 15 is 0 Å². The summed E-state index contributed by atoms with van der Waals surface area (Å²) in [5.74, 6) is 0.711. The Morgan fingerprint density at radius 3 is 2.21 bits per heavy atom. The van der Waals surface area contributed by atoms with Gasteiger partial charge in [0.05, 0.1) is 11.4 Å². The molecule has 0 aliphatic heterocycles. The Morgan fingerprint density at radius 1 is 0.882 bits per heavy atom. The molecule has 3 aromatic carbocycles. The number of nitrogens with one attached hydrogen (secondary N) is 1. The minimum atomic E-state index is -3.47. The molecule has 6 nitrogen and oxygen atoms in total. The van der Waals surface area contributed by atoms with Crippen LogP contribution in [0.5, 0.6) is 5.75 Å². The fourth-order valence-corrected chi connectivity index (χ4v) is 5.15. The zero-order valence-electron chi connectivity index (χ0n) is 19.7. The molecule has 0 unspecified atom stereocenters. The summed E-state index contributed by atoms with van der Waals surface area (Å²) in [6, 6.07) is 24.6. The standard InChI is InChI=1S/C27H32N2O4S/c1-3-29(4-2)34(31,32)24-17-14-22(15-18-24)16-19-27(30)28-20-21-33-26-13-9-8-12-25(26)23-10-6-5-7-11-23/h5-15,17-18H,3-4,16,19-21H2,1-2H3,(H,28,30). The van der Waals surface area contributed by atoms with Crippen molar-refractivity contribution < 1.29 is 17.9 Å². The van der Waals surface area contributed by atoms with Gasteiger partial charge < -0.3 is 10.1 Å². The van der Waals surface area contributed by atoms with Gasteiger partial charge in [-0.15, -0.1) is 0 Å². The Hall–Kier alpha value is -3.16. The van der Waals surface area contributed by atoms with Gasteiger partial charge in [0.15, 0.2) is 0 Å². The predicted octanol–water partition coefficient (Wildman–Crippen LogP) is 4.51. The van der Waals surface area contributed by atoms with E-state index in [1.54, 1.807) is 24.3 Å². The number of sulfonamides is 1. The van der Waals surface area contributed by atoms with Gasteiger partial charge in [-0.05, 0) is 35.7 Å². The first kappa shape index (κ1) is 25.5. The summed E-state index contributed by atoms with van der Waals surface area (Å²) in [6.07, 6.45) is 0.859. The number of carbonyl (C=O) groups excluding carboxylic acids is 1. The highest BCUT2D eigenvalue weighted by atomic mass is 32.2. The lowest BCUT2D eigenvalue weighted by atomic mass is 10.1. The number of aryl methyl sites for hydroxylation is 1. The number of hydrogen-bond acceptors (Lipinski definition) is 4. The second-order valence-corrected chi connectivity index (χ2v) is 9.73. The lowest BCUT2D eigenvalue weighted by molar-refractivity contribution is -0.121. The van der Waals surface area contributed by atoms with Crippen LogP contribution in [0.25, 0.3) is 11.1 Å². The summed E-state index contributed by atoms with van der Waals surface area (Å²) in [7, 11) is -3.47. The predicted molar refractivity (Wildman–Crippen MR) is 135 cm³/mol. The largest absolute Gasteiger partial charge is 0.491 e. The van der Waals surface area contributed by atoms with Crippen LogP contribution < -0.4 is 10.1 Å². The summed E-state index contributed by atoms with van der Waals surface area (Å²) in [6.45, 7) is 5.28. The van der Waals surface area contributed by atoms with Crippen LogP contribution >= 0.6 is 0 Å². The van der Waals surface area contributed by atoms with Crippen LogP contribution in [-0.2, 0) is 21.2 Å². The fraction of sp³-hybridized carbons (Fsp3) is 0.296. The molecule has 0 aliphatic rings. The molecule has 180 valence electrons. The van der Waals surface area contributed by atoms with Crippen LogP contribution in [-0.4, -0.2) is 44.9 Å². The molecule has 0 heterocycles. The summed E-state index contributed by atoms with van der Waals surface area (Å²) >= 11 is 0. The van der Waals surface area contributed by atoms with E-state index in [9.17, 15) is 13.2 Å². The van der Waals surface area contributed by atoms with Crippen molar-refractivity contribution in [3.63, 3.8) is 0 Å². The van der Waals surface area contributed by atoms with Gasteiger partial charge >= 0.3 is 0 Å². The van der Waals surface area contributed by atoms with Crippen molar-refractivity contribution in [1.29, 1.82) is 0 Å². The molecule has 7 heteroatoms. The third kappa shape index (κ3) is 6.68. The summed E-state index contributed by atoms with van der Waals surface area (Å²) in [4.78, 5) is 12.5. The molecule has 0 fully saturated rings. The van der Waals surface area contributed by atoms with Crippen LogP contribution in [0.4, 0.5) is 0 Å². The van der Waals surface area contributed by atoms with E-state index in [0.29, 0.717) is 39.1 Å². The van der Waals surface area contributed by atoms with E-state index in [4.69, 9.17) is 4.74 Å². The molecular formula is C27H32N2O4S. The Bertz CT molecular complexity index is 1160. The van der Waals surface area contributed by atoms with Crippen molar-refractivity contribution >= 4 is 15.9 Å². The van der Waals surface area contributed by atoms with Gasteiger partial charge in [-0.3, -0.25) is 4.79 Å². The highest BCUT2D eigenvalue weighted by molar-refractivity contribution is 7.89. The van der Waals surface area contributed by atoms with Gasteiger partial charge in [0, 0.05) is 25.1 Å². The molecule has 34 heavy (non-hydrogen) atoms. The average molecular weight is 481 g/mol. The number of hydrogen-bond donors (Lipinski definition) is 1. The summed E-state index contributed by atoms with van der Waals surface area (Å²) < 4.78 is 32.5. The monoisotopic (exact) mass is 480 g/mol. The zero-order chi connectivity index (χ0) is 24.4. The number of para-hydroxylation sites is 1. The summed E-state index contributed by atoms with van der Waals surface area (Å²) in [5.41, 5.74) is 3.01. The van der Waals surface area contributed by atoms with Crippen molar-refractivity contribution in [1.82, 2.24) is 9.62 Å². The molecule has 1 amide bonds. The highest BCUT2D eigenvalue weighted by Gasteiger charge is 2.21. The Labute approximate surface area is 202 Å². The van der Waals surface area contributed by atoms with E-state index in [2.05, 4.69) is 5.32 Å². The molecule has 3 rings (SSSR count). The second-order valence-electron chi connectivity index (χ2n) is 7.79. The molecule has 3 aromatic rings. The molecule has 0 spiro atoms. The molecular weight excluding hydrogens is 448 g/mol. The van der Waals surface area contributed by atoms with Crippen molar-refractivity contribution in [2.45, 2.75) is 31.6 Å². The SMILES string of the molecule is CCN(CC)S(=O)(=O)c1ccc(CCC(=O)NCCOc2ccccc2-c2ccccc2)cc1. The molecule has 0 saturated carbocycles. The third-order valence-electron chi connectivity index (χ3n) is 5.56. The quantitative estimate of drug-likeness (QED) is 0.387. The number of carbonyl (C=O) groups is 1. The molecule has 0 atom stereocenters. The van der Waals surface area contributed by atoms with Crippen LogP contribution in [0.1, 0.15) is 25.8 Å². The minimum Gasteiger partial charge on any atom is -0.491 e. The highest BCUT2D eigenvalue weighted by Crippen LogP contribution is 2.29. The van der Waals surface area contributed by atoms with E-state index in [-0.39, 0.29) is 10.8 Å². The first-order chi connectivity index (χ1) is 16.5. The third-order valence-corrected chi connectivity index (χ3v) is 7.63. The maximum atomic E-state index is 12.6. The zero-order valence-corrected chi connectivity index (χ0v) is 20.6. The van der Waals surface area contributed by atoms with Crippen LogP contribution in [0, 0.1) is 0 Å². The molecule has 0 aromatic heterocycles. The Balaban J connectivity index is 1.45. The molecule has 0 radical (unpaired) electrons. The van der Waals surface area contributed by atoms with Crippen molar-refractivity contribution in [3.05, 3.63) is 84.4 Å². The first-order valence-electron chi connectivity index (χ1n) is 11.6. The average Bonchev–Trinajstić information content (AvgIpc) is 2.87. The lowest BCUT2D eigenvalue weighted by Crippen LogP contribution is -2.30. The smallest absolute Gasteiger partial charge is 0.243 e. The molecule has 0 bridgehead atoms. The van der Waals surface area contributed by atoms with Gasteiger partial charge in [-0.25, -0.2) is 8.42 Å². The van der Waals surface area contributed by atoms with Crippen molar-refractivity contribution in [2.24, 2.45) is 0 Å². The number of benzene rings is 3. The van der Waals surface area contributed by atoms with Crippen LogP contribution in [0.3, 0.4) is 0 Å². The van der Waals surface area contributed by atoms with Crippen LogP contribution in [0.2, 0.25) is 0 Å². The number of nitrogens with zero attached hydrogens (tertiary/aromatic N) is 1. The van der Waals surface area contributed by atoms with E-state index in [1.807, 2.05) is 68.4 Å². The maximum Gasteiger partial charge on any atom is 0.243 e. The van der Waals surface area contributed by atoms with E-state index in [0.717, 1.165) is 22.4 Å². The normalized spacial score (nSPS) is 11.4. The van der Waals surface area contributed by atoms with E-state index in [1.165, 1.54) is 4.31 Å². The molecule has 0 saturated heterocycles. The van der Waals surface area contributed by atoms with Gasteiger partial charge in [0.1, 0.15) is 12.4 Å².